The van der Waals surface area contributed by atoms with Gasteiger partial charge < -0.3 is 0 Å². The average molecular weight is 216 g/mol. The molecule has 1 heterocycles. The molecule has 72 valence electrons. The second-order valence-electron chi connectivity index (χ2n) is 2.79. The fourth-order valence-corrected chi connectivity index (χ4v) is 1.90. The molecule has 5 heteroatoms. The zero-order valence-electron chi connectivity index (χ0n) is 7.18. The molecule has 0 radical (unpaired) electrons. The fraction of sp³-hybridized carbons (Fsp3) is 0.375. The first-order valence-electron chi connectivity index (χ1n) is 3.98. The van der Waals surface area contributed by atoms with Gasteiger partial charge in [-0.15, -0.1) is 0 Å². The Morgan fingerprint density at radius 3 is 2.85 bits per heavy atom. The van der Waals surface area contributed by atoms with E-state index in [4.69, 9.17) is 5.14 Å². The number of rotatable bonds is 4. The predicted octanol–water partition coefficient (Wildman–Crippen LogP) is 0.634. The number of hydrogen-bond donors (Lipinski definition) is 1. The average Bonchev–Trinajstić information content (AvgIpc) is 2.04. The first kappa shape index (κ1) is 10.6. The maximum absolute atomic E-state index is 10.9. The van der Waals surface area contributed by atoms with Gasteiger partial charge in [-0.3, -0.25) is 10.1 Å². The molecule has 0 spiro atoms. The second kappa shape index (κ2) is 4.64. The van der Waals surface area contributed by atoms with Gasteiger partial charge in [-0.2, -0.15) is 0 Å². The molecule has 13 heavy (non-hydrogen) atoms. The Balaban J connectivity index is 2.37. The van der Waals surface area contributed by atoms with Crippen molar-refractivity contribution < 1.29 is 4.21 Å². The molecule has 0 aliphatic heterocycles. The van der Waals surface area contributed by atoms with Crippen LogP contribution in [0.5, 0.6) is 0 Å². The molecule has 0 aliphatic rings. The van der Waals surface area contributed by atoms with Crippen LogP contribution in [0.4, 0.5) is 0 Å². The number of pyridine rings is 1. The van der Waals surface area contributed by atoms with Crippen molar-refractivity contribution in [1.82, 2.24) is 4.98 Å². The third-order valence-electron chi connectivity index (χ3n) is 1.59. The third kappa shape index (κ3) is 4.92. The van der Waals surface area contributed by atoms with Crippen LogP contribution >= 0.6 is 0 Å². The van der Waals surface area contributed by atoms with Crippen LogP contribution < -0.4 is 5.14 Å². The highest BCUT2D eigenvalue weighted by atomic mass is 32.8. The van der Waals surface area contributed by atoms with Crippen LogP contribution in [0.3, 0.4) is 0 Å². The van der Waals surface area contributed by atoms with E-state index in [1.165, 1.54) is 0 Å². The summed E-state index contributed by atoms with van der Waals surface area (Å²) in [7, 11) is -2.49. The van der Waals surface area contributed by atoms with E-state index in [2.05, 4.69) is 16.2 Å². The van der Waals surface area contributed by atoms with Gasteiger partial charge in [0.25, 0.3) is 0 Å². The van der Waals surface area contributed by atoms with E-state index in [1.54, 1.807) is 6.20 Å². The lowest BCUT2D eigenvalue weighted by atomic mass is 10.2. The third-order valence-corrected chi connectivity index (χ3v) is 2.95. The summed E-state index contributed by atoms with van der Waals surface area (Å²) < 4.78 is 10.9. The van der Waals surface area contributed by atoms with Gasteiger partial charge in [-0.1, -0.05) is 6.07 Å². The molecule has 1 unspecified atom stereocenters. The van der Waals surface area contributed by atoms with E-state index in [-0.39, 0.29) is 0 Å². The Morgan fingerprint density at radius 2 is 2.31 bits per heavy atom. The molecular weight excluding hydrogens is 204 g/mol. The van der Waals surface area contributed by atoms with Crippen LogP contribution in [-0.2, 0) is 26.3 Å². The van der Waals surface area contributed by atoms with E-state index in [0.29, 0.717) is 5.75 Å². The molecule has 1 aromatic rings. The zero-order chi connectivity index (χ0) is 9.73. The molecule has 0 fully saturated rings. The summed E-state index contributed by atoms with van der Waals surface area (Å²) in [5.41, 5.74) is 0.987. The highest BCUT2D eigenvalue weighted by Crippen LogP contribution is 1.99. The Hall–Kier alpha value is -0.520. The van der Waals surface area contributed by atoms with E-state index < -0.39 is 8.68 Å². The highest BCUT2D eigenvalue weighted by molar-refractivity contribution is 8.31. The zero-order valence-corrected chi connectivity index (χ0v) is 8.81. The lowest BCUT2D eigenvalue weighted by Crippen LogP contribution is -2.15. The molecule has 3 nitrogen and oxygen atoms in total. The summed E-state index contributed by atoms with van der Waals surface area (Å²) in [4.78, 5) is 4.13. The second-order valence-corrected chi connectivity index (χ2v) is 6.22. The standard InChI is InChI=1S/C8H12N2OS2/c9-13(11,12)7-3-5-8-4-1-2-6-10-8/h1-2,4,6H,3,5,7H2,(H2,9,11,12). The molecule has 0 aromatic carbocycles. The maximum Gasteiger partial charge on any atom is 0.0871 e. The Kier molecular flexibility index (Phi) is 3.77. The Bertz CT molecular complexity index is 348. The molecule has 1 atom stereocenters. The summed E-state index contributed by atoms with van der Waals surface area (Å²) in [6.45, 7) is 0. The van der Waals surface area contributed by atoms with Crippen LogP contribution in [0.1, 0.15) is 12.1 Å². The SMILES string of the molecule is NS(=O)(=S)CCCc1ccccn1. The number of nitrogens with zero attached hydrogens (tertiary/aromatic N) is 1. The maximum atomic E-state index is 10.9. The first-order chi connectivity index (χ1) is 6.08. The summed E-state index contributed by atoms with van der Waals surface area (Å²) in [5, 5.41) is 5.22. The number of aromatic nitrogens is 1. The molecule has 0 bridgehead atoms. The lowest BCUT2D eigenvalue weighted by Gasteiger charge is -2.00. The Labute approximate surface area is 83.2 Å². The monoisotopic (exact) mass is 216 g/mol. The first-order valence-corrected chi connectivity index (χ1v) is 6.70. The van der Waals surface area contributed by atoms with Gasteiger partial charge in [0.1, 0.15) is 0 Å². The van der Waals surface area contributed by atoms with Gasteiger partial charge in [0.2, 0.25) is 0 Å². The van der Waals surface area contributed by atoms with Crippen LogP contribution in [-0.4, -0.2) is 14.9 Å². The molecule has 1 aromatic heterocycles. The predicted molar refractivity (Wildman–Crippen MR) is 57.1 cm³/mol. The molecule has 1 rings (SSSR count). The van der Waals surface area contributed by atoms with Crippen molar-refractivity contribution in [3.8, 4) is 0 Å². The topological polar surface area (TPSA) is 56.0 Å². The van der Waals surface area contributed by atoms with Gasteiger partial charge in [-0.05, 0) is 36.2 Å². The van der Waals surface area contributed by atoms with Gasteiger partial charge in [0.15, 0.2) is 0 Å². The summed E-state index contributed by atoms with van der Waals surface area (Å²) in [6, 6.07) is 5.72. The molecule has 0 amide bonds. The number of hydrogen-bond acceptors (Lipinski definition) is 3. The van der Waals surface area contributed by atoms with Crippen LogP contribution in [0.15, 0.2) is 24.4 Å². The van der Waals surface area contributed by atoms with Crippen molar-refractivity contribution in [3.05, 3.63) is 30.1 Å². The van der Waals surface area contributed by atoms with Crippen molar-refractivity contribution in [2.45, 2.75) is 12.8 Å². The normalized spacial score (nSPS) is 15.2. The highest BCUT2D eigenvalue weighted by Gasteiger charge is 1.99. The largest absolute Gasteiger partial charge is 0.261 e. The molecule has 0 aliphatic carbocycles. The van der Waals surface area contributed by atoms with E-state index in [0.717, 1.165) is 18.5 Å². The van der Waals surface area contributed by atoms with Crippen molar-refractivity contribution >= 4 is 19.9 Å². The minimum Gasteiger partial charge on any atom is -0.261 e. The van der Waals surface area contributed by atoms with Crippen LogP contribution in [0.2, 0.25) is 0 Å². The minimum atomic E-state index is -2.49. The smallest absolute Gasteiger partial charge is 0.0871 e. The molecule has 2 N–H and O–H groups in total. The summed E-state index contributed by atoms with van der Waals surface area (Å²) in [5.74, 6) is 0.388. The van der Waals surface area contributed by atoms with E-state index in [9.17, 15) is 4.21 Å². The quantitative estimate of drug-likeness (QED) is 0.803. The molecule has 0 saturated heterocycles. The van der Waals surface area contributed by atoms with E-state index >= 15 is 0 Å². The van der Waals surface area contributed by atoms with Crippen molar-refractivity contribution in [1.29, 1.82) is 0 Å². The number of nitrogens with two attached hydrogens (primary N) is 1. The van der Waals surface area contributed by atoms with Gasteiger partial charge in [-0.25, -0.2) is 4.21 Å². The molecule has 0 saturated carbocycles. The summed E-state index contributed by atoms with van der Waals surface area (Å²) in [6.07, 6.45) is 3.25. The summed E-state index contributed by atoms with van der Waals surface area (Å²) >= 11 is 4.59. The van der Waals surface area contributed by atoms with Gasteiger partial charge in [0, 0.05) is 17.6 Å². The van der Waals surface area contributed by atoms with Crippen molar-refractivity contribution in [2.75, 3.05) is 5.75 Å². The fourth-order valence-electron chi connectivity index (χ4n) is 1.00. The minimum absolute atomic E-state index is 0.388. The lowest BCUT2D eigenvalue weighted by molar-refractivity contribution is 0.680. The van der Waals surface area contributed by atoms with Gasteiger partial charge in [0.05, 0.1) is 8.68 Å². The van der Waals surface area contributed by atoms with Gasteiger partial charge >= 0.3 is 0 Å². The van der Waals surface area contributed by atoms with Crippen LogP contribution in [0, 0.1) is 0 Å². The van der Waals surface area contributed by atoms with Crippen molar-refractivity contribution in [2.24, 2.45) is 5.14 Å². The van der Waals surface area contributed by atoms with Crippen LogP contribution in [0.25, 0.3) is 0 Å². The number of aryl methyl sites for hydroxylation is 1. The van der Waals surface area contributed by atoms with E-state index in [1.807, 2.05) is 18.2 Å². The molecular formula is C8H12N2OS2. The van der Waals surface area contributed by atoms with Crippen molar-refractivity contribution in [3.63, 3.8) is 0 Å². The Morgan fingerprint density at radius 1 is 1.54 bits per heavy atom.